The molecule has 0 aliphatic heterocycles. The number of sulfone groups is 1. The summed E-state index contributed by atoms with van der Waals surface area (Å²) in [6, 6.07) is 3.33. The molecule has 1 amide bonds. The standard InChI is InChI=1S/C15H24N2O3S.ClH/c1-10-7-11(2)13(12(3)8-10)9-17-15(18)14(16)5-6-21(4,19)20;/h7-8,14H,5-6,9,16H2,1-4H3,(H,17,18);1H. The van der Waals surface area contributed by atoms with Gasteiger partial charge in [0.25, 0.3) is 0 Å². The maximum absolute atomic E-state index is 11.9. The van der Waals surface area contributed by atoms with Crippen molar-refractivity contribution in [1.82, 2.24) is 5.32 Å². The van der Waals surface area contributed by atoms with Crippen LogP contribution in [-0.2, 0) is 21.2 Å². The Bertz CT molecular complexity index is 607. The van der Waals surface area contributed by atoms with E-state index in [4.69, 9.17) is 5.73 Å². The second-order valence-corrected chi connectivity index (χ2v) is 7.88. The van der Waals surface area contributed by atoms with Gasteiger partial charge in [-0.1, -0.05) is 17.7 Å². The molecule has 0 bridgehead atoms. The molecule has 0 aliphatic carbocycles. The van der Waals surface area contributed by atoms with Gasteiger partial charge in [0, 0.05) is 12.8 Å². The van der Waals surface area contributed by atoms with E-state index in [0.29, 0.717) is 6.54 Å². The fraction of sp³-hybridized carbons (Fsp3) is 0.533. The first-order valence-corrected chi connectivity index (χ1v) is 8.94. The Hall–Kier alpha value is -1.11. The lowest BCUT2D eigenvalue weighted by Crippen LogP contribution is -2.41. The van der Waals surface area contributed by atoms with Crippen molar-refractivity contribution in [2.75, 3.05) is 12.0 Å². The molecule has 1 atom stereocenters. The molecule has 126 valence electrons. The van der Waals surface area contributed by atoms with E-state index in [1.165, 1.54) is 5.56 Å². The number of hydrogen-bond donors (Lipinski definition) is 2. The molecule has 0 aromatic heterocycles. The van der Waals surface area contributed by atoms with Gasteiger partial charge in [-0.3, -0.25) is 4.79 Å². The number of halogens is 1. The number of carbonyl (C=O) groups is 1. The Morgan fingerprint density at radius 1 is 1.23 bits per heavy atom. The smallest absolute Gasteiger partial charge is 0.237 e. The molecule has 0 fully saturated rings. The summed E-state index contributed by atoms with van der Waals surface area (Å²) in [6.07, 6.45) is 1.27. The van der Waals surface area contributed by atoms with Crippen LogP contribution in [0.4, 0.5) is 0 Å². The number of hydrogen-bond acceptors (Lipinski definition) is 4. The number of aryl methyl sites for hydroxylation is 3. The van der Waals surface area contributed by atoms with Crippen molar-refractivity contribution >= 4 is 28.2 Å². The number of carbonyl (C=O) groups excluding carboxylic acids is 1. The third-order valence-electron chi connectivity index (χ3n) is 3.42. The molecule has 1 unspecified atom stereocenters. The van der Waals surface area contributed by atoms with Gasteiger partial charge < -0.3 is 11.1 Å². The molecule has 0 aliphatic rings. The van der Waals surface area contributed by atoms with Gasteiger partial charge in [-0.05, 0) is 43.9 Å². The predicted molar refractivity (Wildman–Crippen MR) is 92.1 cm³/mol. The maximum Gasteiger partial charge on any atom is 0.237 e. The molecular formula is C15H25ClN2O3S. The third kappa shape index (κ3) is 6.77. The molecule has 5 nitrogen and oxygen atoms in total. The van der Waals surface area contributed by atoms with Crippen molar-refractivity contribution in [2.45, 2.75) is 39.8 Å². The first-order valence-electron chi connectivity index (χ1n) is 6.88. The highest BCUT2D eigenvalue weighted by molar-refractivity contribution is 7.90. The molecule has 0 spiro atoms. The Morgan fingerprint density at radius 2 is 1.73 bits per heavy atom. The van der Waals surface area contributed by atoms with Gasteiger partial charge >= 0.3 is 0 Å². The highest BCUT2D eigenvalue weighted by atomic mass is 35.5. The molecule has 1 aromatic rings. The average molecular weight is 349 g/mol. The van der Waals surface area contributed by atoms with Crippen molar-refractivity contribution in [3.63, 3.8) is 0 Å². The molecule has 22 heavy (non-hydrogen) atoms. The molecule has 1 rings (SSSR count). The zero-order valence-electron chi connectivity index (χ0n) is 13.5. The van der Waals surface area contributed by atoms with Crippen LogP contribution in [0.3, 0.4) is 0 Å². The van der Waals surface area contributed by atoms with E-state index in [9.17, 15) is 13.2 Å². The number of nitrogens with two attached hydrogens (primary N) is 1. The Labute approximate surface area is 139 Å². The summed E-state index contributed by atoms with van der Waals surface area (Å²) in [5.74, 6) is -0.400. The Kier molecular flexibility index (Phi) is 8.07. The van der Waals surface area contributed by atoms with Crippen molar-refractivity contribution in [2.24, 2.45) is 5.73 Å². The molecule has 1 aromatic carbocycles. The van der Waals surface area contributed by atoms with Crippen LogP contribution in [0.5, 0.6) is 0 Å². The number of amides is 1. The quantitative estimate of drug-likeness (QED) is 0.813. The lowest BCUT2D eigenvalue weighted by molar-refractivity contribution is -0.122. The van der Waals surface area contributed by atoms with E-state index in [0.717, 1.165) is 22.9 Å². The normalized spacial score (nSPS) is 12.4. The minimum atomic E-state index is -3.10. The minimum Gasteiger partial charge on any atom is -0.351 e. The monoisotopic (exact) mass is 348 g/mol. The van der Waals surface area contributed by atoms with E-state index in [1.807, 2.05) is 20.8 Å². The topological polar surface area (TPSA) is 89.3 Å². The zero-order valence-corrected chi connectivity index (χ0v) is 15.1. The molecule has 3 N–H and O–H groups in total. The van der Waals surface area contributed by atoms with Crippen LogP contribution >= 0.6 is 12.4 Å². The van der Waals surface area contributed by atoms with Gasteiger partial charge in [0.15, 0.2) is 0 Å². The van der Waals surface area contributed by atoms with Crippen molar-refractivity contribution in [3.8, 4) is 0 Å². The molecule has 0 radical (unpaired) electrons. The predicted octanol–water partition coefficient (Wildman–Crippen LogP) is 1.41. The van der Waals surface area contributed by atoms with E-state index < -0.39 is 15.9 Å². The summed E-state index contributed by atoms with van der Waals surface area (Å²) in [4.78, 5) is 11.9. The maximum atomic E-state index is 11.9. The lowest BCUT2D eigenvalue weighted by Gasteiger charge is -2.15. The van der Waals surface area contributed by atoms with Crippen molar-refractivity contribution < 1.29 is 13.2 Å². The van der Waals surface area contributed by atoms with Gasteiger partial charge in [0.2, 0.25) is 5.91 Å². The van der Waals surface area contributed by atoms with Gasteiger partial charge in [-0.15, -0.1) is 12.4 Å². The fourth-order valence-electron chi connectivity index (χ4n) is 2.27. The minimum absolute atomic E-state index is 0. The molecular weight excluding hydrogens is 324 g/mol. The van der Waals surface area contributed by atoms with Crippen LogP contribution in [-0.4, -0.2) is 32.4 Å². The Balaban J connectivity index is 0.00000441. The fourth-order valence-corrected chi connectivity index (χ4v) is 2.95. The summed E-state index contributed by atoms with van der Waals surface area (Å²) in [5.41, 5.74) is 10.2. The second kappa shape index (κ2) is 8.50. The van der Waals surface area contributed by atoms with Crippen molar-refractivity contribution in [1.29, 1.82) is 0 Å². The van der Waals surface area contributed by atoms with Crippen LogP contribution in [0.1, 0.15) is 28.7 Å². The van der Waals surface area contributed by atoms with Crippen LogP contribution in [0.25, 0.3) is 0 Å². The molecule has 0 heterocycles. The highest BCUT2D eigenvalue weighted by Gasteiger charge is 2.16. The summed E-state index contributed by atoms with van der Waals surface area (Å²) < 4.78 is 22.1. The van der Waals surface area contributed by atoms with Crippen LogP contribution in [0.15, 0.2) is 12.1 Å². The summed E-state index contributed by atoms with van der Waals surface area (Å²) in [5, 5.41) is 2.78. The first-order chi connectivity index (χ1) is 9.60. The van der Waals surface area contributed by atoms with Crippen LogP contribution in [0.2, 0.25) is 0 Å². The third-order valence-corrected chi connectivity index (χ3v) is 4.39. The van der Waals surface area contributed by atoms with Crippen LogP contribution < -0.4 is 11.1 Å². The average Bonchev–Trinajstić information content (AvgIpc) is 2.33. The summed E-state index contributed by atoms with van der Waals surface area (Å²) in [6.45, 7) is 6.45. The van der Waals surface area contributed by atoms with Gasteiger partial charge in [-0.2, -0.15) is 0 Å². The van der Waals surface area contributed by atoms with Crippen molar-refractivity contribution in [3.05, 3.63) is 34.4 Å². The van der Waals surface area contributed by atoms with E-state index in [-0.39, 0.29) is 30.5 Å². The second-order valence-electron chi connectivity index (χ2n) is 5.62. The van der Waals surface area contributed by atoms with E-state index in [2.05, 4.69) is 17.4 Å². The van der Waals surface area contributed by atoms with E-state index in [1.54, 1.807) is 0 Å². The highest BCUT2D eigenvalue weighted by Crippen LogP contribution is 2.16. The summed E-state index contributed by atoms with van der Waals surface area (Å²) >= 11 is 0. The summed E-state index contributed by atoms with van der Waals surface area (Å²) in [7, 11) is -3.10. The number of nitrogens with one attached hydrogen (secondary N) is 1. The molecule has 0 saturated heterocycles. The number of rotatable bonds is 6. The Morgan fingerprint density at radius 3 is 2.18 bits per heavy atom. The largest absolute Gasteiger partial charge is 0.351 e. The first kappa shape index (κ1) is 20.9. The zero-order chi connectivity index (χ0) is 16.2. The number of benzene rings is 1. The van der Waals surface area contributed by atoms with Crippen LogP contribution in [0, 0.1) is 20.8 Å². The van der Waals surface area contributed by atoms with E-state index >= 15 is 0 Å². The van der Waals surface area contributed by atoms with Gasteiger partial charge in [0.1, 0.15) is 9.84 Å². The van der Waals surface area contributed by atoms with Gasteiger partial charge in [0.05, 0.1) is 11.8 Å². The van der Waals surface area contributed by atoms with Gasteiger partial charge in [-0.25, -0.2) is 8.42 Å². The molecule has 0 saturated carbocycles. The lowest BCUT2D eigenvalue weighted by atomic mass is 10.00. The SMILES string of the molecule is Cc1cc(C)c(CNC(=O)C(N)CCS(C)(=O)=O)c(C)c1.Cl. The molecule has 7 heteroatoms.